The molecule has 2 N–H and O–H groups in total. The lowest BCUT2D eigenvalue weighted by atomic mass is 9.93. The Bertz CT molecular complexity index is 410. The number of benzene rings is 1. The average Bonchev–Trinajstić information content (AvgIpc) is 2.19. The maximum absolute atomic E-state index is 11.7. The van der Waals surface area contributed by atoms with Crippen LogP contribution < -0.4 is 5.73 Å². The lowest BCUT2D eigenvalue weighted by molar-refractivity contribution is 0.0466. The molecular weight excluding hydrogens is 238 g/mol. The third kappa shape index (κ3) is 4.65. The average molecular weight is 256 g/mol. The standard InChI is InChI=1S/C13H18ClNO2/c1-13(2,3)6-7-17-12(16)10-8-9(14)4-5-11(10)15/h4-5,8H,6-7,15H2,1-3H3. The first-order valence-corrected chi connectivity index (χ1v) is 5.89. The number of carbonyl (C=O) groups excluding carboxylic acids is 1. The summed E-state index contributed by atoms with van der Waals surface area (Å²) in [6.07, 6.45) is 0.805. The Morgan fingerprint density at radius 2 is 2.06 bits per heavy atom. The highest BCUT2D eigenvalue weighted by molar-refractivity contribution is 6.31. The highest BCUT2D eigenvalue weighted by Gasteiger charge is 2.14. The molecule has 17 heavy (non-hydrogen) atoms. The summed E-state index contributed by atoms with van der Waals surface area (Å²) >= 11 is 5.80. The number of nitrogen functional groups attached to an aromatic ring is 1. The van der Waals surface area contributed by atoms with E-state index in [-0.39, 0.29) is 5.41 Å². The van der Waals surface area contributed by atoms with E-state index in [4.69, 9.17) is 22.1 Å². The summed E-state index contributed by atoms with van der Waals surface area (Å²) in [5, 5.41) is 0.474. The van der Waals surface area contributed by atoms with E-state index in [1.807, 2.05) is 0 Å². The van der Waals surface area contributed by atoms with Gasteiger partial charge >= 0.3 is 5.97 Å². The van der Waals surface area contributed by atoms with Crippen LogP contribution >= 0.6 is 11.6 Å². The number of hydrogen-bond acceptors (Lipinski definition) is 3. The number of hydrogen-bond donors (Lipinski definition) is 1. The summed E-state index contributed by atoms with van der Waals surface area (Å²) in [7, 11) is 0. The van der Waals surface area contributed by atoms with Crippen molar-refractivity contribution < 1.29 is 9.53 Å². The summed E-state index contributed by atoms with van der Waals surface area (Å²) in [6, 6.07) is 4.77. The topological polar surface area (TPSA) is 52.3 Å². The molecule has 0 radical (unpaired) electrons. The Hall–Kier alpha value is -1.22. The number of rotatable bonds is 3. The van der Waals surface area contributed by atoms with E-state index in [0.717, 1.165) is 6.42 Å². The molecule has 1 rings (SSSR count). The maximum Gasteiger partial charge on any atom is 0.340 e. The van der Waals surface area contributed by atoms with Gasteiger partial charge in [0, 0.05) is 10.7 Å². The molecule has 0 bridgehead atoms. The van der Waals surface area contributed by atoms with E-state index in [1.165, 1.54) is 6.07 Å². The second kappa shape index (κ2) is 5.41. The van der Waals surface area contributed by atoms with E-state index in [9.17, 15) is 4.79 Å². The van der Waals surface area contributed by atoms with Crippen molar-refractivity contribution in [1.29, 1.82) is 0 Å². The number of halogens is 1. The lowest BCUT2D eigenvalue weighted by Gasteiger charge is -2.17. The third-order valence-corrected chi connectivity index (χ3v) is 2.56. The monoisotopic (exact) mass is 255 g/mol. The predicted octanol–water partition coefficient (Wildman–Crippen LogP) is 3.52. The van der Waals surface area contributed by atoms with Gasteiger partial charge in [-0.25, -0.2) is 4.79 Å². The van der Waals surface area contributed by atoms with Crippen molar-refractivity contribution >= 4 is 23.3 Å². The van der Waals surface area contributed by atoms with Crippen molar-refractivity contribution in [1.82, 2.24) is 0 Å². The van der Waals surface area contributed by atoms with Crippen LogP contribution in [-0.2, 0) is 4.74 Å². The minimum absolute atomic E-state index is 0.139. The first kappa shape index (κ1) is 13.8. The number of esters is 1. The Morgan fingerprint density at radius 3 is 2.65 bits per heavy atom. The molecule has 0 saturated heterocycles. The first-order chi connectivity index (χ1) is 7.79. The summed E-state index contributed by atoms with van der Waals surface area (Å²) in [6.45, 7) is 6.66. The molecule has 0 heterocycles. The van der Waals surface area contributed by atoms with E-state index in [2.05, 4.69) is 20.8 Å². The number of nitrogens with two attached hydrogens (primary N) is 1. The van der Waals surface area contributed by atoms with E-state index >= 15 is 0 Å². The van der Waals surface area contributed by atoms with Crippen LogP contribution in [0, 0.1) is 5.41 Å². The molecule has 1 aromatic rings. The van der Waals surface area contributed by atoms with Crippen molar-refractivity contribution in [2.45, 2.75) is 27.2 Å². The molecule has 0 aliphatic heterocycles. The molecule has 0 aromatic heterocycles. The number of carbonyl (C=O) groups is 1. The van der Waals surface area contributed by atoms with Gasteiger partial charge in [-0.2, -0.15) is 0 Å². The van der Waals surface area contributed by atoms with E-state index < -0.39 is 5.97 Å². The Balaban J connectivity index is 2.61. The Morgan fingerprint density at radius 1 is 1.41 bits per heavy atom. The summed E-state index contributed by atoms with van der Waals surface area (Å²) in [4.78, 5) is 11.7. The van der Waals surface area contributed by atoms with Crippen LogP contribution in [0.2, 0.25) is 5.02 Å². The van der Waals surface area contributed by atoms with Crippen LogP contribution in [0.15, 0.2) is 18.2 Å². The first-order valence-electron chi connectivity index (χ1n) is 5.52. The largest absolute Gasteiger partial charge is 0.462 e. The second-order valence-electron chi connectivity index (χ2n) is 5.18. The van der Waals surface area contributed by atoms with Gasteiger partial charge in [-0.1, -0.05) is 32.4 Å². The smallest absolute Gasteiger partial charge is 0.340 e. The fourth-order valence-corrected chi connectivity index (χ4v) is 1.41. The highest BCUT2D eigenvalue weighted by Crippen LogP contribution is 2.21. The molecule has 4 heteroatoms. The fraction of sp³-hybridized carbons (Fsp3) is 0.462. The van der Waals surface area contributed by atoms with Crippen molar-refractivity contribution in [3.05, 3.63) is 28.8 Å². The van der Waals surface area contributed by atoms with Gasteiger partial charge < -0.3 is 10.5 Å². The molecule has 0 aliphatic rings. The van der Waals surface area contributed by atoms with Crippen LogP contribution in [0.4, 0.5) is 5.69 Å². The molecule has 0 amide bonds. The third-order valence-electron chi connectivity index (χ3n) is 2.32. The zero-order chi connectivity index (χ0) is 13.1. The van der Waals surface area contributed by atoms with Crippen molar-refractivity contribution in [2.75, 3.05) is 12.3 Å². The lowest BCUT2D eigenvalue weighted by Crippen LogP contribution is -2.14. The molecular formula is C13H18ClNO2. The van der Waals surface area contributed by atoms with Gasteiger partial charge in [-0.3, -0.25) is 0 Å². The Labute approximate surface area is 107 Å². The van der Waals surface area contributed by atoms with Crippen LogP contribution in [0.5, 0.6) is 0 Å². The molecule has 3 nitrogen and oxygen atoms in total. The minimum atomic E-state index is -0.422. The zero-order valence-electron chi connectivity index (χ0n) is 10.4. The van der Waals surface area contributed by atoms with Crippen LogP contribution in [-0.4, -0.2) is 12.6 Å². The van der Waals surface area contributed by atoms with Crippen molar-refractivity contribution in [3.63, 3.8) is 0 Å². The quantitative estimate of drug-likeness (QED) is 0.664. The van der Waals surface area contributed by atoms with Crippen molar-refractivity contribution in [3.8, 4) is 0 Å². The molecule has 0 saturated carbocycles. The highest BCUT2D eigenvalue weighted by atomic mass is 35.5. The number of ether oxygens (including phenoxy) is 1. The van der Waals surface area contributed by atoms with E-state index in [0.29, 0.717) is 22.9 Å². The number of anilines is 1. The van der Waals surface area contributed by atoms with Gasteiger partial charge in [0.15, 0.2) is 0 Å². The van der Waals surface area contributed by atoms with E-state index in [1.54, 1.807) is 12.1 Å². The molecule has 0 spiro atoms. The SMILES string of the molecule is CC(C)(C)CCOC(=O)c1cc(Cl)ccc1N. The molecule has 0 atom stereocenters. The van der Waals surface area contributed by atoms with Crippen LogP contribution in [0.3, 0.4) is 0 Å². The van der Waals surface area contributed by atoms with Gasteiger partial charge in [-0.05, 0) is 30.0 Å². The van der Waals surface area contributed by atoms with Gasteiger partial charge in [0.2, 0.25) is 0 Å². The van der Waals surface area contributed by atoms with Crippen molar-refractivity contribution in [2.24, 2.45) is 5.41 Å². The Kier molecular flexibility index (Phi) is 4.40. The van der Waals surface area contributed by atoms with Gasteiger partial charge in [0.05, 0.1) is 12.2 Å². The molecule has 94 valence electrons. The normalized spacial score (nSPS) is 11.3. The molecule has 0 aliphatic carbocycles. The summed E-state index contributed by atoms with van der Waals surface area (Å²) < 4.78 is 5.16. The zero-order valence-corrected chi connectivity index (χ0v) is 11.2. The van der Waals surface area contributed by atoms with Crippen LogP contribution in [0.1, 0.15) is 37.6 Å². The molecule has 0 fully saturated rings. The summed E-state index contributed by atoms with van der Waals surface area (Å²) in [5.74, 6) is -0.422. The van der Waals surface area contributed by atoms with Gasteiger partial charge in [0.25, 0.3) is 0 Å². The molecule has 1 aromatic carbocycles. The maximum atomic E-state index is 11.7. The molecule has 0 unspecified atom stereocenters. The minimum Gasteiger partial charge on any atom is -0.462 e. The van der Waals surface area contributed by atoms with Gasteiger partial charge in [0.1, 0.15) is 0 Å². The van der Waals surface area contributed by atoms with Gasteiger partial charge in [-0.15, -0.1) is 0 Å². The predicted molar refractivity (Wildman–Crippen MR) is 70.2 cm³/mol. The summed E-state index contributed by atoms with van der Waals surface area (Å²) in [5.41, 5.74) is 6.54. The second-order valence-corrected chi connectivity index (χ2v) is 5.61. The fourth-order valence-electron chi connectivity index (χ4n) is 1.23. The van der Waals surface area contributed by atoms with Crippen LogP contribution in [0.25, 0.3) is 0 Å².